The lowest BCUT2D eigenvalue weighted by atomic mass is 10.0. The minimum Gasteiger partial charge on any atom is -0.261 e. The van der Waals surface area contributed by atoms with Crippen LogP contribution in [0.1, 0.15) is 11.1 Å². The average Bonchev–Trinajstić information content (AvgIpc) is 3.51. The van der Waals surface area contributed by atoms with Gasteiger partial charge in [0, 0.05) is 28.5 Å². The van der Waals surface area contributed by atoms with Gasteiger partial charge in [-0.15, -0.1) is 0 Å². The van der Waals surface area contributed by atoms with Crippen LogP contribution in [0.2, 0.25) is 0 Å². The third-order valence-corrected chi connectivity index (χ3v) is 6.91. The Labute approximate surface area is 255 Å². The molecule has 46 heavy (non-hydrogen) atoms. The quantitative estimate of drug-likeness (QED) is 0.111. The van der Waals surface area contributed by atoms with Crippen molar-refractivity contribution in [2.45, 2.75) is 6.92 Å². The van der Waals surface area contributed by atoms with Gasteiger partial charge in [0.15, 0.2) is 46.6 Å². The molecule has 6 rings (SSSR count). The Bertz CT molecular complexity index is 2370. The minimum absolute atomic E-state index is 0.0206. The van der Waals surface area contributed by atoms with Crippen molar-refractivity contribution in [1.82, 2.24) is 19.9 Å². The standard InChI is InChI=1S/C32H12F5N9/c1-14-24(34)26(36)23(27(37)25(14)35)32-45-29(16-5-3-15(4-6-16)17-9-18(33)13-41-12-17)44-30(46-32)19-7-8-21-28(20(19)10-38)43-31(42-21)22(11-39)40-2/h3-9,12-13H,1H3/b31-22+. The Morgan fingerprint density at radius 3 is 2.04 bits per heavy atom. The molecule has 5 aromatic rings. The summed E-state index contributed by atoms with van der Waals surface area (Å²) in [5.74, 6) is -8.85. The van der Waals surface area contributed by atoms with E-state index in [0.29, 0.717) is 11.1 Å². The average molecular weight is 618 g/mol. The first-order valence-corrected chi connectivity index (χ1v) is 13.0. The molecule has 14 heteroatoms. The molecule has 0 unspecified atom stereocenters. The van der Waals surface area contributed by atoms with Gasteiger partial charge in [-0.2, -0.15) is 5.26 Å². The van der Waals surface area contributed by atoms with E-state index in [1.54, 1.807) is 18.2 Å². The molecule has 1 aliphatic rings. The van der Waals surface area contributed by atoms with Gasteiger partial charge in [0.25, 0.3) is 0 Å². The number of allylic oxidation sites excluding steroid dienone is 1. The SMILES string of the molecule is [C-]#[N+]/C(C#N)=C1\N=c2ccc(-c3nc(-c4ccc(-c5cncc(F)c5)cc4)nc(-c4c(F)c(F)c(C)c(F)c4F)n3)c(C#N)c2=N1. The second kappa shape index (κ2) is 11.4. The monoisotopic (exact) mass is 617 g/mol. The van der Waals surface area contributed by atoms with Crippen molar-refractivity contribution >= 4 is 0 Å². The highest BCUT2D eigenvalue weighted by molar-refractivity contribution is 5.72. The molecule has 0 N–H and O–H groups in total. The van der Waals surface area contributed by atoms with E-state index in [4.69, 9.17) is 6.57 Å². The third-order valence-electron chi connectivity index (χ3n) is 6.91. The highest BCUT2D eigenvalue weighted by atomic mass is 19.2. The maximum Gasteiger partial charge on any atom is 0.305 e. The second-order valence-electron chi connectivity index (χ2n) is 9.62. The van der Waals surface area contributed by atoms with Crippen LogP contribution in [-0.4, -0.2) is 19.9 Å². The fraction of sp³-hybridized carbons (Fsp3) is 0.0312. The smallest absolute Gasteiger partial charge is 0.261 e. The van der Waals surface area contributed by atoms with Crippen molar-refractivity contribution in [3.8, 4) is 57.4 Å². The van der Waals surface area contributed by atoms with E-state index in [9.17, 15) is 23.7 Å². The van der Waals surface area contributed by atoms with Crippen LogP contribution in [0, 0.1) is 65.2 Å². The summed E-state index contributed by atoms with van der Waals surface area (Å²) in [7, 11) is 0. The van der Waals surface area contributed by atoms with E-state index in [1.807, 2.05) is 6.07 Å². The van der Waals surface area contributed by atoms with Gasteiger partial charge >= 0.3 is 5.70 Å². The molecule has 3 heterocycles. The van der Waals surface area contributed by atoms with Crippen LogP contribution in [0.25, 0.3) is 50.1 Å². The molecule has 9 nitrogen and oxygen atoms in total. The summed E-state index contributed by atoms with van der Waals surface area (Å²) in [5.41, 5.74) is -1.43. The molecule has 0 fully saturated rings. The lowest BCUT2D eigenvalue weighted by Crippen LogP contribution is -2.25. The zero-order valence-corrected chi connectivity index (χ0v) is 23.1. The maximum absolute atomic E-state index is 15.2. The van der Waals surface area contributed by atoms with Crippen LogP contribution < -0.4 is 10.7 Å². The topological polar surface area (TPSA) is 128 Å². The molecule has 0 spiro atoms. The maximum atomic E-state index is 15.2. The first kappa shape index (κ1) is 29.4. The molecular weight excluding hydrogens is 605 g/mol. The molecular formula is C32H12F5N9. The summed E-state index contributed by atoms with van der Waals surface area (Å²) in [6, 6.07) is 13.8. The van der Waals surface area contributed by atoms with Gasteiger partial charge in [-0.05, 0) is 30.7 Å². The normalized spacial score (nSPS) is 12.7. The molecule has 1 aliphatic heterocycles. The Kier molecular flexibility index (Phi) is 7.28. The zero-order valence-electron chi connectivity index (χ0n) is 23.1. The number of pyridine rings is 1. The summed E-state index contributed by atoms with van der Waals surface area (Å²) in [5, 5.41) is 19.5. The van der Waals surface area contributed by atoms with Crippen LogP contribution >= 0.6 is 0 Å². The number of nitrogens with zero attached hydrogens (tertiary/aromatic N) is 9. The Morgan fingerprint density at radius 1 is 0.761 bits per heavy atom. The lowest BCUT2D eigenvalue weighted by Gasteiger charge is -2.12. The Morgan fingerprint density at radius 2 is 1.41 bits per heavy atom. The second-order valence-corrected chi connectivity index (χ2v) is 9.62. The first-order chi connectivity index (χ1) is 22.1. The minimum atomic E-state index is -1.74. The fourth-order valence-corrected chi connectivity index (χ4v) is 4.62. The number of aromatic nitrogens is 4. The van der Waals surface area contributed by atoms with E-state index in [1.165, 1.54) is 36.5 Å². The van der Waals surface area contributed by atoms with Crippen LogP contribution in [0.4, 0.5) is 22.0 Å². The van der Waals surface area contributed by atoms with Crippen LogP contribution in [0.15, 0.2) is 76.4 Å². The summed E-state index contributed by atoms with van der Waals surface area (Å²) in [4.78, 5) is 27.8. The fourth-order valence-electron chi connectivity index (χ4n) is 4.62. The van der Waals surface area contributed by atoms with Crippen LogP contribution in [0.5, 0.6) is 0 Å². The highest BCUT2D eigenvalue weighted by Crippen LogP contribution is 2.33. The van der Waals surface area contributed by atoms with Gasteiger partial charge in [-0.3, -0.25) is 4.98 Å². The highest BCUT2D eigenvalue weighted by Gasteiger charge is 2.28. The molecule has 0 aliphatic carbocycles. The Balaban J connectivity index is 1.61. The van der Waals surface area contributed by atoms with E-state index in [2.05, 4.69) is 34.8 Å². The Hall–Kier alpha value is -6.72. The largest absolute Gasteiger partial charge is 0.305 e. The van der Waals surface area contributed by atoms with Crippen molar-refractivity contribution < 1.29 is 22.0 Å². The molecule has 3 aromatic carbocycles. The molecule has 0 amide bonds. The summed E-state index contributed by atoms with van der Waals surface area (Å²) >= 11 is 0. The lowest BCUT2D eigenvalue weighted by molar-refractivity contribution is 0.448. The van der Waals surface area contributed by atoms with Gasteiger partial charge < -0.3 is 0 Å². The van der Waals surface area contributed by atoms with Crippen LogP contribution in [-0.2, 0) is 0 Å². The number of rotatable bonds is 4. The summed E-state index contributed by atoms with van der Waals surface area (Å²) in [6.07, 6.45) is 2.48. The van der Waals surface area contributed by atoms with Gasteiger partial charge in [0.1, 0.15) is 17.2 Å². The van der Waals surface area contributed by atoms with Gasteiger partial charge in [-0.25, -0.2) is 57.0 Å². The molecule has 0 atom stereocenters. The molecule has 0 bridgehead atoms. The number of benzene rings is 3. The summed E-state index contributed by atoms with van der Waals surface area (Å²) < 4.78 is 73.4. The van der Waals surface area contributed by atoms with Crippen molar-refractivity contribution in [3.05, 3.63) is 129 Å². The number of halogens is 5. The third kappa shape index (κ3) is 4.88. The first-order valence-electron chi connectivity index (χ1n) is 13.0. The number of hydrogen-bond donors (Lipinski definition) is 0. The zero-order chi connectivity index (χ0) is 32.7. The molecule has 0 radical (unpaired) electrons. The number of hydrogen-bond acceptors (Lipinski definition) is 8. The summed E-state index contributed by atoms with van der Waals surface area (Å²) in [6.45, 7) is 8.03. The van der Waals surface area contributed by atoms with Crippen molar-refractivity contribution in [2.24, 2.45) is 9.98 Å². The van der Waals surface area contributed by atoms with Gasteiger partial charge in [0.2, 0.25) is 0 Å². The number of fused-ring (bicyclic) bond motifs is 1. The number of nitriles is 2. The predicted molar refractivity (Wildman–Crippen MR) is 150 cm³/mol. The van der Waals surface area contributed by atoms with E-state index >= 15 is 8.78 Å². The van der Waals surface area contributed by atoms with Crippen molar-refractivity contribution in [1.29, 1.82) is 10.5 Å². The van der Waals surface area contributed by atoms with E-state index < -0.39 is 51.7 Å². The predicted octanol–water partition coefficient (Wildman–Crippen LogP) is 5.67. The van der Waals surface area contributed by atoms with Crippen molar-refractivity contribution in [3.63, 3.8) is 0 Å². The van der Waals surface area contributed by atoms with Gasteiger partial charge in [0.05, 0.1) is 35.3 Å². The molecule has 0 saturated heterocycles. The van der Waals surface area contributed by atoms with E-state index in [0.717, 1.165) is 13.1 Å². The molecule has 2 aromatic heterocycles. The molecule has 220 valence electrons. The van der Waals surface area contributed by atoms with Crippen molar-refractivity contribution in [2.75, 3.05) is 0 Å². The van der Waals surface area contributed by atoms with Gasteiger partial charge in [-0.1, -0.05) is 24.3 Å². The van der Waals surface area contributed by atoms with Crippen LogP contribution in [0.3, 0.4) is 0 Å². The molecule has 0 saturated carbocycles. The van der Waals surface area contributed by atoms with E-state index in [-0.39, 0.29) is 44.9 Å².